The number of thiophene rings is 1. The van der Waals surface area contributed by atoms with E-state index in [0.717, 1.165) is 16.0 Å². The highest BCUT2D eigenvalue weighted by atomic mass is 32.1. The van der Waals surface area contributed by atoms with E-state index in [1.165, 1.54) is 16.2 Å². The van der Waals surface area contributed by atoms with Crippen LogP contribution >= 0.6 is 11.3 Å². The Morgan fingerprint density at radius 2 is 1.75 bits per heavy atom. The van der Waals surface area contributed by atoms with Crippen molar-refractivity contribution in [3.8, 4) is 22.6 Å². The summed E-state index contributed by atoms with van der Waals surface area (Å²) in [4.78, 5) is 19.5. The van der Waals surface area contributed by atoms with Gasteiger partial charge in [-0.2, -0.15) is 4.98 Å². The normalized spacial score (nSPS) is 10.1. The van der Waals surface area contributed by atoms with Crippen LogP contribution in [0, 0.1) is 11.8 Å². The maximum atomic E-state index is 12.9. The number of amides is 1. The second-order valence-electron chi connectivity index (χ2n) is 5.87. The lowest BCUT2D eigenvalue weighted by Gasteiger charge is -2.15. The molecule has 0 saturated heterocycles. The van der Waals surface area contributed by atoms with Crippen molar-refractivity contribution in [2.24, 2.45) is 0 Å². The van der Waals surface area contributed by atoms with E-state index in [1.54, 1.807) is 0 Å². The van der Waals surface area contributed by atoms with Gasteiger partial charge >= 0.3 is 5.91 Å². The first-order valence-electron chi connectivity index (χ1n) is 8.60. The smallest absolute Gasteiger partial charge is 0.306 e. The molecule has 0 aliphatic carbocycles. The molecule has 2 aromatic heterocycles. The summed E-state index contributed by atoms with van der Waals surface area (Å²) in [7, 11) is 0. The van der Waals surface area contributed by atoms with Crippen molar-refractivity contribution >= 4 is 23.2 Å². The molecule has 0 bridgehead atoms. The predicted molar refractivity (Wildman–Crippen MR) is 109 cm³/mol. The Morgan fingerprint density at radius 1 is 1.00 bits per heavy atom. The lowest BCUT2D eigenvalue weighted by Crippen LogP contribution is -2.30. The van der Waals surface area contributed by atoms with Crippen LogP contribution < -0.4 is 4.90 Å². The molecule has 0 fully saturated rings. The van der Waals surface area contributed by atoms with Crippen LogP contribution in [0.1, 0.15) is 11.1 Å². The Balaban J connectivity index is 1.64. The number of nitrogens with zero attached hydrogens (tertiary/aromatic N) is 3. The maximum Gasteiger partial charge on any atom is 0.306 e. The van der Waals surface area contributed by atoms with Gasteiger partial charge in [0.25, 0.3) is 11.8 Å². The number of hydrogen-bond acceptors (Lipinski definition) is 5. The van der Waals surface area contributed by atoms with Crippen molar-refractivity contribution in [1.82, 2.24) is 10.1 Å². The molecule has 0 N–H and O–H groups in total. The topological polar surface area (TPSA) is 59.2 Å². The van der Waals surface area contributed by atoms with Gasteiger partial charge in [0.05, 0.1) is 11.4 Å². The van der Waals surface area contributed by atoms with Crippen LogP contribution in [0.25, 0.3) is 10.8 Å². The van der Waals surface area contributed by atoms with E-state index in [4.69, 9.17) is 4.52 Å². The molecule has 136 valence electrons. The fraction of sp³-hybridized carbons (Fsp3) is 0.0455. The summed E-state index contributed by atoms with van der Waals surface area (Å²) >= 11 is 1.49. The molecule has 2 heterocycles. The summed E-state index contributed by atoms with van der Waals surface area (Å²) in [5, 5.41) is 5.93. The van der Waals surface area contributed by atoms with Crippen LogP contribution in [0.3, 0.4) is 0 Å². The second-order valence-corrected chi connectivity index (χ2v) is 6.82. The van der Waals surface area contributed by atoms with E-state index >= 15 is 0 Å². The number of aromatic nitrogens is 2. The SMILES string of the molecule is O=C(C#Cc1ccccc1)N(Cc1ccccc1)c1noc(-c2cccs2)n1. The molecule has 0 saturated carbocycles. The monoisotopic (exact) mass is 385 g/mol. The standard InChI is InChI=1S/C22H15N3O2S/c26-20(14-13-17-8-3-1-4-9-17)25(16-18-10-5-2-6-11-18)22-23-21(27-24-22)19-12-7-15-28-19/h1-12,15H,16H2. The van der Waals surface area contributed by atoms with Crippen molar-refractivity contribution in [1.29, 1.82) is 0 Å². The maximum absolute atomic E-state index is 12.9. The first-order chi connectivity index (χ1) is 13.8. The Morgan fingerprint density at radius 3 is 2.46 bits per heavy atom. The van der Waals surface area contributed by atoms with Crippen LogP contribution in [-0.4, -0.2) is 16.0 Å². The van der Waals surface area contributed by atoms with Crippen molar-refractivity contribution in [2.75, 3.05) is 4.90 Å². The zero-order valence-electron chi connectivity index (χ0n) is 14.8. The van der Waals surface area contributed by atoms with Crippen LogP contribution in [-0.2, 0) is 11.3 Å². The van der Waals surface area contributed by atoms with Gasteiger partial charge in [-0.25, -0.2) is 0 Å². The van der Waals surface area contributed by atoms with Gasteiger partial charge in [-0.15, -0.1) is 11.3 Å². The van der Waals surface area contributed by atoms with E-state index in [2.05, 4.69) is 22.0 Å². The molecule has 0 aliphatic rings. The Bertz CT molecular complexity index is 1110. The summed E-state index contributed by atoms with van der Waals surface area (Å²) in [5.74, 6) is 5.75. The van der Waals surface area contributed by atoms with Crippen LogP contribution in [0.5, 0.6) is 0 Å². The second kappa shape index (κ2) is 8.33. The molecule has 0 aliphatic heterocycles. The minimum absolute atomic E-state index is 0.194. The van der Waals surface area contributed by atoms with E-state index in [0.29, 0.717) is 12.4 Å². The van der Waals surface area contributed by atoms with Gasteiger partial charge in [-0.05, 0) is 34.3 Å². The van der Waals surface area contributed by atoms with Gasteiger partial charge in [0.15, 0.2) is 0 Å². The first kappa shape index (κ1) is 17.7. The molecule has 6 heteroatoms. The number of carbonyl (C=O) groups is 1. The molecule has 28 heavy (non-hydrogen) atoms. The van der Waals surface area contributed by atoms with E-state index < -0.39 is 5.91 Å². The van der Waals surface area contributed by atoms with Gasteiger partial charge in [-0.3, -0.25) is 9.69 Å². The molecular weight excluding hydrogens is 370 g/mol. The van der Waals surface area contributed by atoms with Gasteiger partial charge in [0, 0.05) is 11.5 Å². The lowest BCUT2D eigenvalue weighted by molar-refractivity contribution is -0.113. The van der Waals surface area contributed by atoms with Crippen molar-refractivity contribution < 1.29 is 9.32 Å². The Hall–Kier alpha value is -3.69. The fourth-order valence-electron chi connectivity index (χ4n) is 2.54. The Labute approximate surface area is 166 Å². The molecule has 4 rings (SSSR count). The largest absolute Gasteiger partial charge is 0.331 e. The molecule has 1 amide bonds. The van der Waals surface area contributed by atoms with Crippen molar-refractivity contribution in [3.05, 3.63) is 89.3 Å². The third-order valence-corrected chi connectivity index (χ3v) is 4.76. The molecule has 0 atom stereocenters. The summed E-state index contributed by atoms with van der Waals surface area (Å²) in [6.07, 6.45) is 0. The first-order valence-corrected chi connectivity index (χ1v) is 9.47. The fourth-order valence-corrected chi connectivity index (χ4v) is 3.18. The highest BCUT2D eigenvalue weighted by molar-refractivity contribution is 7.13. The molecule has 5 nitrogen and oxygen atoms in total. The predicted octanol–water partition coefficient (Wildman–Crippen LogP) is 4.38. The Kier molecular flexibility index (Phi) is 5.27. The van der Waals surface area contributed by atoms with Gasteiger partial charge < -0.3 is 4.52 Å². The average molecular weight is 385 g/mol. The van der Waals surface area contributed by atoms with Crippen LogP contribution in [0.15, 0.2) is 82.7 Å². The number of carbonyl (C=O) groups excluding carboxylic acids is 1. The summed E-state index contributed by atoms with van der Waals surface area (Å²) in [6, 6.07) is 22.8. The summed E-state index contributed by atoms with van der Waals surface area (Å²) < 4.78 is 5.35. The third-order valence-electron chi connectivity index (χ3n) is 3.90. The number of anilines is 1. The molecule has 0 unspecified atom stereocenters. The van der Waals surface area contributed by atoms with Gasteiger partial charge in [0.2, 0.25) is 0 Å². The molecule has 0 radical (unpaired) electrons. The zero-order chi connectivity index (χ0) is 19.2. The van der Waals surface area contributed by atoms with E-state index in [-0.39, 0.29) is 5.95 Å². The number of benzene rings is 2. The van der Waals surface area contributed by atoms with Crippen LogP contribution in [0.4, 0.5) is 5.95 Å². The number of hydrogen-bond donors (Lipinski definition) is 0. The lowest BCUT2D eigenvalue weighted by atomic mass is 10.2. The quantitative estimate of drug-likeness (QED) is 0.489. The summed E-state index contributed by atoms with van der Waals surface area (Å²) in [5.41, 5.74) is 1.71. The highest BCUT2D eigenvalue weighted by Crippen LogP contribution is 2.25. The minimum Gasteiger partial charge on any atom is -0.331 e. The summed E-state index contributed by atoms with van der Waals surface area (Å²) in [6.45, 7) is 0.298. The highest BCUT2D eigenvalue weighted by Gasteiger charge is 2.21. The minimum atomic E-state index is -0.397. The molecule has 4 aromatic rings. The van der Waals surface area contributed by atoms with Crippen LogP contribution in [0.2, 0.25) is 0 Å². The van der Waals surface area contributed by atoms with E-state index in [1.807, 2.05) is 78.2 Å². The van der Waals surface area contributed by atoms with E-state index in [9.17, 15) is 4.79 Å². The van der Waals surface area contributed by atoms with Crippen molar-refractivity contribution in [2.45, 2.75) is 6.54 Å². The molecular formula is C22H15N3O2S. The zero-order valence-corrected chi connectivity index (χ0v) is 15.6. The van der Waals surface area contributed by atoms with Gasteiger partial charge in [0.1, 0.15) is 0 Å². The average Bonchev–Trinajstić information content (AvgIpc) is 3.43. The molecule has 0 spiro atoms. The van der Waals surface area contributed by atoms with Gasteiger partial charge in [-0.1, -0.05) is 60.5 Å². The van der Waals surface area contributed by atoms with Crippen molar-refractivity contribution in [3.63, 3.8) is 0 Å². The third kappa shape index (κ3) is 4.17. The molecule has 2 aromatic carbocycles. The number of rotatable bonds is 4.